The van der Waals surface area contributed by atoms with E-state index in [-0.39, 0.29) is 0 Å². The predicted octanol–water partition coefficient (Wildman–Crippen LogP) is 2.16. The molecule has 0 N–H and O–H groups in total. The predicted molar refractivity (Wildman–Crippen MR) is 50.7 cm³/mol. The van der Waals surface area contributed by atoms with Crippen LogP contribution in [0.15, 0.2) is 0 Å². The molecule has 2 heteroatoms. The third-order valence-corrected chi connectivity index (χ3v) is 7.68. The van der Waals surface area contributed by atoms with Crippen LogP contribution in [0.2, 0.25) is 18.1 Å². The maximum atomic E-state index is 3.38. The van der Waals surface area contributed by atoms with E-state index in [0.29, 0.717) is 0 Å². The van der Waals surface area contributed by atoms with Gasteiger partial charge in [0.15, 0.2) is 0 Å². The number of hydrogen-bond acceptors (Lipinski definition) is 0. The first-order chi connectivity index (χ1) is 4.74. The summed E-state index contributed by atoms with van der Waals surface area (Å²) in [5.41, 5.74) is 3.38. The first-order valence-electron chi connectivity index (χ1n) is 3.89. The fraction of sp³-hybridized carbons (Fsp3) is 0.750. The van der Waals surface area contributed by atoms with Crippen LogP contribution in [0.1, 0.15) is 20.8 Å². The third-order valence-electron chi connectivity index (χ3n) is 2.35. The summed E-state index contributed by atoms with van der Waals surface area (Å²) in [5.74, 6) is 0. The Balaban J connectivity index is 4.25. The van der Waals surface area contributed by atoms with Gasteiger partial charge in [-0.15, -0.1) is 0 Å². The van der Waals surface area contributed by atoms with Crippen molar-refractivity contribution in [3.8, 4) is 10.4 Å². The van der Waals surface area contributed by atoms with E-state index in [9.17, 15) is 0 Å². The van der Waals surface area contributed by atoms with Crippen molar-refractivity contribution in [2.75, 3.05) is 0 Å². The number of hydrogen-bond donors (Lipinski definition) is 0. The normalized spacial score (nSPS) is 10.3. The van der Waals surface area contributed by atoms with E-state index in [0.717, 1.165) is 0 Å². The summed E-state index contributed by atoms with van der Waals surface area (Å²) < 4.78 is 0. The van der Waals surface area contributed by atoms with Crippen molar-refractivity contribution in [3.63, 3.8) is 0 Å². The van der Waals surface area contributed by atoms with Gasteiger partial charge in [0.25, 0.3) is 0 Å². The van der Waals surface area contributed by atoms with Gasteiger partial charge in [0, 0.05) is 0 Å². The molecule has 0 nitrogen and oxygen atoms in total. The summed E-state index contributed by atoms with van der Waals surface area (Å²) >= 11 is 2.77. The van der Waals surface area contributed by atoms with Crippen LogP contribution in [0.4, 0.5) is 0 Å². The van der Waals surface area contributed by atoms with Gasteiger partial charge in [-0.05, 0) is 0 Å². The summed E-state index contributed by atoms with van der Waals surface area (Å²) in [4.78, 5) is 2.95. The van der Waals surface area contributed by atoms with Gasteiger partial charge in [-0.25, -0.2) is 0 Å². The molecular weight excluding hydrogens is 203 g/mol. The van der Waals surface area contributed by atoms with Crippen molar-refractivity contribution in [1.29, 1.82) is 0 Å². The monoisotopic (exact) mass is 219 g/mol. The molecule has 0 aromatic carbocycles. The second-order valence-corrected chi connectivity index (χ2v) is 7.93. The molecule has 58 valence electrons. The van der Waals surface area contributed by atoms with Crippen molar-refractivity contribution in [3.05, 3.63) is 0 Å². The molecule has 10 heavy (non-hydrogen) atoms. The van der Waals surface area contributed by atoms with Crippen LogP contribution in [-0.4, -0.2) is 24.1 Å². The average Bonchev–Trinajstić information content (AvgIpc) is 2.01. The van der Waals surface area contributed by atoms with E-state index in [1.165, 1.54) is 18.1 Å². The molecule has 0 fully saturated rings. The van der Waals surface area contributed by atoms with Crippen LogP contribution >= 0.6 is 0 Å². The molecule has 0 unspecified atom stereocenters. The fourth-order valence-electron chi connectivity index (χ4n) is 1.12. The Morgan fingerprint density at radius 1 is 1.10 bits per heavy atom. The van der Waals surface area contributed by atoms with E-state index in [1.807, 2.05) is 0 Å². The van der Waals surface area contributed by atoms with Crippen molar-refractivity contribution >= 4 is 24.1 Å². The van der Waals surface area contributed by atoms with Gasteiger partial charge in [-0.2, -0.15) is 0 Å². The molecule has 0 radical (unpaired) electrons. The molecule has 0 rings (SSSR count). The Kier molecular flexibility index (Phi) is 5.16. The van der Waals surface area contributed by atoms with E-state index in [4.69, 9.17) is 0 Å². The Hall–Kier alpha value is 0.296. The molecule has 0 spiro atoms. The zero-order valence-electron chi connectivity index (χ0n) is 7.03. The second kappa shape index (κ2) is 5.01. The summed E-state index contributed by atoms with van der Waals surface area (Å²) in [5, 5.41) is 0. The van der Waals surface area contributed by atoms with Crippen molar-refractivity contribution in [1.82, 2.24) is 0 Å². The molecule has 0 aromatic heterocycles. The molecule has 0 heterocycles. The van der Waals surface area contributed by atoms with Crippen molar-refractivity contribution in [2.45, 2.75) is 38.9 Å². The van der Waals surface area contributed by atoms with Crippen LogP contribution in [0.5, 0.6) is 0 Å². The van der Waals surface area contributed by atoms with E-state index in [1.54, 1.807) is 0 Å². The van der Waals surface area contributed by atoms with Gasteiger partial charge in [0.05, 0.1) is 0 Å². The summed E-state index contributed by atoms with van der Waals surface area (Å²) in [6, 6.07) is 3.90. The Morgan fingerprint density at radius 2 is 1.50 bits per heavy atom. The minimum absolute atomic E-state index is 1.11. The average molecular weight is 218 g/mol. The zero-order valence-corrected chi connectivity index (χ0v) is 9.74. The van der Waals surface area contributed by atoms with Gasteiger partial charge in [0.2, 0.25) is 0 Å². The van der Waals surface area contributed by atoms with Gasteiger partial charge in [0.1, 0.15) is 0 Å². The SMILES string of the molecule is CC[Si](C#C[Se-])(CC)CC. The molecule has 0 amide bonds. The number of rotatable bonds is 3. The van der Waals surface area contributed by atoms with Crippen LogP contribution < -0.4 is 0 Å². The molecule has 0 saturated carbocycles. The van der Waals surface area contributed by atoms with E-state index < -0.39 is 8.07 Å². The maximum absolute atomic E-state index is 3.38. The zero-order chi connectivity index (χ0) is 8.04. The topological polar surface area (TPSA) is 0 Å². The summed E-state index contributed by atoms with van der Waals surface area (Å²) in [7, 11) is -1.11. The first kappa shape index (κ1) is 10.3. The summed E-state index contributed by atoms with van der Waals surface area (Å²) in [6.45, 7) is 6.80. The van der Waals surface area contributed by atoms with Crippen LogP contribution in [0.25, 0.3) is 0 Å². The molecule has 0 bridgehead atoms. The molecule has 0 aromatic rings. The summed E-state index contributed by atoms with van der Waals surface area (Å²) in [6.07, 6.45) is 0. The third kappa shape index (κ3) is 2.50. The Morgan fingerprint density at radius 3 is 1.60 bits per heavy atom. The van der Waals surface area contributed by atoms with Crippen molar-refractivity contribution in [2.24, 2.45) is 0 Å². The molecule has 0 aliphatic carbocycles. The van der Waals surface area contributed by atoms with Gasteiger partial charge in [-0.3, -0.25) is 0 Å². The second-order valence-electron chi connectivity index (χ2n) is 2.57. The fourth-order valence-corrected chi connectivity index (χ4v) is 4.73. The first-order valence-corrected chi connectivity index (χ1v) is 7.36. The van der Waals surface area contributed by atoms with Crippen LogP contribution in [0, 0.1) is 10.4 Å². The Bertz CT molecular complexity index is 131. The van der Waals surface area contributed by atoms with Gasteiger partial charge >= 0.3 is 73.4 Å². The minimum atomic E-state index is -1.11. The quantitative estimate of drug-likeness (QED) is 0.503. The van der Waals surface area contributed by atoms with Crippen molar-refractivity contribution < 1.29 is 0 Å². The standard InChI is InChI=1S/C8H16SeSi/c1-4-10(5-2,6-3)8-7-9/h9H,4-6H2,1-3H3/p-1. The van der Waals surface area contributed by atoms with Crippen LogP contribution in [0.3, 0.4) is 0 Å². The van der Waals surface area contributed by atoms with E-state index in [2.05, 4.69) is 47.1 Å². The molecule has 0 atom stereocenters. The molecule has 0 aliphatic heterocycles. The molecule has 0 aliphatic rings. The van der Waals surface area contributed by atoms with Gasteiger partial charge < -0.3 is 0 Å². The van der Waals surface area contributed by atoms with E-state index >= 15 is 0 Å². The Labute approximate surface area is 73.6 Å². The molecular formula is C8H15SeSi-. The van der Waals surface area contributed by atoms with Crippen LogP contribution in [-0.2, 0) is 0 Å². The van der Waals surface area contributed by atoms with Gasteiger partial charge in [-0.1, -0.05) is 0 Å². The molecule has 0 saturated heterocycles.